The maximum absolute atomic E-state index is 12.8. The van der Waals surface area contributed by atoms with Gasteiger partial charge in [-0.2, -0.15) is 5.26 Å². The Hall–Kier alpha value is -1.40. The topological polar surface area (TPSA) is 35.8 Å². The SMILES string of the molecule is CCC.N#CCC1CCC(NCc2ccc(F)cc2)CC1. The van der Waals surface area contributed by atoms with Crippen LogP contribution in [0.25, 0.3) is 0 Å². The third kappa shape index (κ3) is 7.24. The highest BCUT2D eigenvalue weighted by atomic mass is 19.1. The molecule has 2 rings (SSSR count). The summed E-state index contributed by atoms with van der Waals surface area (Å²) in [6, 6.07) is 9.45. The van der Waals surface area contributed by atoms with E-state index >= 15 is 0 Å². The minimum Gasteiger partial charge on any atom is -0.310 e. The van der Waals surface area contributed by atoms with Crippen molar-refractivity contribution in [3.63, 3.8) is 0 Å². The fourth-order valence-corrected chi connectivity index (χ4v) is 2.56. The summed E-state index contributed by atoms with van der Waals surface area (Å²) < 4.78 is 12.8. The molecule has 1 aliphatic rings. The first-order valence-corrected chi connectivity index (χ1v) is 8.04. The predicted molar refractivity (Wildman–Crippen MR) is 85.2 cm³/mol. The molecule has 116 valence electrons. The molecule has 0 saturated heterocycles. The number of nitrogens with zero attached hydrogens (tertiary/aromatic N) is 1. The molecular weight excluding hydrogens is 263 g/mol. The second-order valence-corrected chi connectivity index (χ2v) is 5.79. The highest BCUT2D eigenvalue weighted by Gasteiger charge is 2.20. The average molecular weight is 290 g/mol. The largest absolute Gasteiger partial charge is 0.310 e. The Morgan fingerprint density at radius 2 is 1.71 bits per heavy atom. The van der Waals surface area contributed by atoms with Crippen molar-refractivity contribution < 1.29 is 4.39 Å². The van der Waals surface area contributed by atoms with Gasteiger partial charge in [-0.15, -0.1) is 0 Å². The molecule has 0 heterocycles. The molecule has 0 radical (unpaired) electrons. The molecule has 0 amide bonds. The first-order chi connectivity index (χ1) is 10.2. The van der Waals surface area contributed by atoms with E-state index in [1.807, 2.05) is 12.1 Å². The minimum atomic E-state index is -0.184. The zero-order valence-electron chi connectivity index (χ0n) is 13.2. The Morgan fingerprint density at radius 1 is 1.14 bits per heavy atom. The average Bonchev–Trinajstić information content (AvgIpc) is 2.49. The summed E-state index contributed by atoms with van der Waals surface area (Å²) in [5.41, 5.74) is 1.12. The van der Waals surface area contributed by atoms with Crippen LogP contribution in [0.15, 0.2) is 24.3 Å². The molecule has 21 heavy (non-hydrogen) atoms. The summed E-state index contributed by atoms with van der Waals surface area (Å²) >= 11 is 0. The molecule has 0 unspecified atom stereocenters. The summed E-state index contributed by atoms with van der Waals surface area (Å²) in [7, 11) is 0. The second kappa shape index (κ2) is 10.3. The molecule has 1 aliphatic carbocycles. The smallest absolute Gasteiger partial charge is 0.123 e. The Morgan fingerprint density at radius 3 is 2.24 bits per heavy atom. The van der Waals surface area contributed by atoms with Crippen LogP contribution in [-0.4, -0.2) is 6.04 Å². The molecule has 0 atom stereocenters. The van der Waals surface area contributed by atoms with Crippen LogP contribution in [0.4, 0.5) is 4.39 Å². The van der Waals surface area contributed by atoms with Gasteiger partial charge in [-0.3, -0.25) is 0 Å². The van der Waals surface area contributed by atoms with Crippen molar-refractivity contribution in [2.45, 2.75) is 65.0 Å². The van der Waals surface area contributed by atoms with Crippen LogP contribution in [0.3, 0.4) is 0 Å². The lowest BCUT2D eigenvalue weighted by Gasteiger charge is -2.28. The molecule has 1 saturated carbocycles. The number of nitrogens with one attached hydrogen (secondary N) is 1. The van der Waals surface area contributed by atoms with Gasteiger partial charge in [0.2, 0.25) is 0 Å². The van der Waals surface area contributed by atoms with Gasteiger partial charge in [0.15, 0.2) is 0 Å². The fraction of sp³-hybridized carbons (Fsp3) is 0.611. The lowest BCUT2D eigenvalue weighted by atomic mass is 9.84. The standard InChI is InChI=1S/C15H19FN2.C3H8/c16-14-5-1-13(2-6-14)11-18-15-7-3-12(4-8-15)9-10-17;1-3-2/h1-2,5-6,12,15,18H,3-4,7-9,11H2;3H2,1-2H3. The lowest BCUT2D eigenvalue weighted by molar-refractivity contribution is 0.294. The van der Waals surface area contributed by atoms with E-state index in [1.165, 1.54) is 18.6 Å². The van der Waals surface area contributed by atoms with Gasteiger partial charge in [-0.1, -0.05) is 32.4 Å². The molecule has 1 N–H and O–H groups in total. The van der Waals surface area contributed by atoms with Crippen molar-refractivity contribution in [1.29, 1.82) is 5.26 Å². The van der Waals surface area contributed by atoms with Crippen LogP contribution >= 0.6 is 0 Å². The van der Waals surface area contributed by atoms with Gasteiger partial charge in [0.25, 0.3) is 0 Å². The first kappa shape index (κ1) is 17.7. The van der Waals surface area contributed by atoms with Crippen molar-refractivity contribution in [1.82, 2.24) is 5.32 Å². The van der Waals surface area contributed by atoms with Crippen LogP contribution in [-0.2, 0) is 6.54 Å². The predicted octanol–water partition coefficient (Wildman–Crippen LogP) is 4.80. The van der Waals surface area contributed by atoms with Crippen LogP contribution in [0.5, 0.6) is 0 Å². The zero-order valence-corrected chi connectivity index (χ0v) is 13.2. The highest BCUT2D eigenvalue weighted by molar-refractivity contribution is 5.15. The number of nitriles is 1. The molecule has 1 aromatic carbocycles. The fourth-order valence-electron chi connectivity index (χ4n) is 2.56. The van der Waals surface area contributed by atoms with Crippen molar-refractivity contribution >= 4 is 0 Å². The maximum Gasteiger partial charge on any atom is 0.123 e. The van der Waals surface area contributed by atoms with Crippen LogP contribution < -0.4 is 5.32 Å². The highest BCUT2D eigenvalue weighted by Crippen LogP contribution is 2.26. The molecule has 0 aliphatic heterocycles. The first-order valence-electron chi connectivity index (χ1n) is 8.04. The van der Waals surface area contributed by atoms with E-state index < -0.39 is 0 Å². The van der Waals surface area contributed by atoms with Gasteiger partial charge in [-0.05, 0) is 49.3 Å². The number of rotatable bonds is 4. The van der Waals surface area contributed by atoms with Gasteiger partial charge in [0.1, 0.15) is 5.82 Å². The van der Waals surface area contributed by atoms with Crippen LogP contribution in [0.2, 0.25) is 0 Å². The van der Waals surface area contributed by atoms with Crippen molar-refractivity contribution in [2.24, 2.45) is 5.92 Å². The number of halogens is 1. The lowest BCUT2D eigenvalue weighted by Crippen LogP contribution is -2.32. The number of hydrogen-bond acceptors (Lipinski definition) is 2. The Labute approximate surface area is 128 Å². The Balaban J connectivity index is 0.000000677. The van der Waals surface area contributed by atoms with Crippen LogP contribution in [0.1, 0.15) is 57.9 Å². The van der Waals surface area contributed by atoms with E-state index in [0.717, 1.165) is 37.8 Å². The minimum absolute atomic E-state index is 0.184. The molecule has 3 heteroatoms. The van der Waals surface area contributed by atoms with E-state index in [4.69, 9.17) is 5.26 Å². The van der Waals surface area contributed by atoms with E-state index in [0.29, 0.717) is 18.4 Å². The van der Waals surface area contributed by atoms with E-state index in [1.54, 1.807) is 0 Å². The second-order valence-electron chi connectivity index (χ2n) is 5.79. The third-order valence-corrected chi connectivity index (χ3v) is 3.73. The molecule has 1 aromatic rings. The summed E-state index contributed by atoms with van der Waals surface area (Å²) in [5.74, 6) is 0.412. The monoisotopic (exact) mass is 290 g/mol. The summed E-state index contributed by atoms with van der Waals surface area (Å²) in [6.45, 7) is 5.05. The number of benzene rings is 1. The quantitative estimate of drug-likeness (QED) is 0.864. The zero-order chi connectivity index (χ0) is 15.5. The van der Waals surface area contributed by atoms with Crippen molar-refractivity contribution in [3.8, 4) is 6.07 Å². The van der Waals surface area contributed by atoms with Gasteiger partial charge < -0.3 is 5.32 Å². The summed E-state index contributed by atoms with van der Waals surface area (Å²) in [4.78, 5) is 0. The van der Waals surface area contributed by atoms with Gasteiger partial charge >= 0.3 is 0 Å². The maximum atomic E-state index is 12.8. The normalized spacial score (nSPS) is 21.0. The van der Waals surface area contributed by atoms with E-state index in [-0.39, 0.29) is 5.82 Å². The molecule has 2 nitrogen and oxygen atoms in total. The number of hydrogen-bond donors (Lipinski definition) is 1. The molecular formula is C18H27FN2. The Bertz CT molecular complexity index is 414. The van der Waals surface area contributed by atoms with Gasteiger partial charge in [0.05, 0.1) is 6.07 Å². The Kier molecular flexibility index (Phi) is 8.69. The third-order valence-electron chi connectivity index (χ3n) is 3.73. The van der Waals surface area contributed by atoms with Gasteiger partial charge in [-0.25, -0.2) is 4.39 Å². The molecule has 1 fully saturated rings. The van der Waals surface area contributed by atoms with E-state index in [9.17, 15) is 4.39 Å². The van der Waals surface area contributed by atoms with E-state index in [2.05, 4.69) is 25.2 Å². The molecule has 0 bridgehead atoms. The van der Waals surface area contributed by atoms with Gasteiger partial charge in [0, 0.05) is 19.0 Å². The molecule has 0 spiro atoms. The molecule has 0 aromatic heterocycles. The summed E-state index contributed by atoms with van der Waals surface area (Å²) in [5, 5.41) is 12.2. The van der Waals surface area contributed by atoms with Crippen LogP contribution in [0, 0.1) is 23.1 Å². The van der Waals surface area contributed by atoms with Crippen molar-refractivity contribution in [3.05, 3.63) is 35.6 Å². The van der Waals surface area contributed by atoms with Crippen molar-refractivity contribution in [2.75, 3.05) is 0 Å². The summed E-state index contributed by atoms with van der Waals surface area (Å²) in [6.07, 6.45) is 6.54.